The minimum Gasteiger partial charge on any atom is -0.489 e. The first-order valence-electron chi connectivity index (χ1n) is 10.5. The van der Waals surface area contributed by atoms with Gasteiger partial charge in [-0.15, -0.1) is 0 Å². The molecule has 0 saturated carbocycles. The van der Waals surface area contributed by atoms with E-state index in [0.29, 0.717) is 6.61 Å². The number of ether oxygens (including phenoxy) is 1. The molecule has 2 aromatic carbocycles. The summed E-state index contributed by atoms with van der Waals surface area (Å²) in [5.74, 6) is 2.41. The number of fused-ring (bicyclic) bond motifs is 1. The summed E-state index contributed by atoms with van der Waals surface area (Å²) in [6.45, 7) is 2.70. The number of para-hydroxylation sites is 2. The maximum absolute atomic E-state index is 12.8. The Balaban J connectivity index is 1.37. The van der Waals surface area contributed by atoms with E-state index in [-0.39, 0.29) is 18.5 Å². The predicted octanol–water partition coefficient (Wildman–Crippen LogP) is 4.75. The molecular weight excluding hydrogens is 420 g/mol. The van der Waals surface area contributed by atoms with E-state index >= 15 is 0 Å². The highest BCUT2D eigenvalue weighted by atomic mass is 32.2. The number of thioether (sulfide) groups is 1. The van der Waals surface area contributed by atoms with E-state index in [1.807, 2.05) is 78.4 Å². The van der Waals surface area contributed by atoms with Gasteiger partial charge in [0, 0.05) is 18.0 Å². The zero-order valence-electron chi connectivity index (χ0n) is 18.2. The molecule has 0 aliphatic carbocycles. The number of carbonyl (C=O) groups is 1. The molecule has 4 rings (SSSR count). The Kier molecular flexibility index (Phi) is 7.07. The van der Waals surface area contributed by atoms with Crippen molar-refractivity contribution in [1.82, 2.24) is 19.9 Å². The summed E-state index contributed by atoms with van der Waals surface area (Å²) in [5, 5.41) is 3.10. The van der Waals surface area contributed by atoms with Gasteiger partial charge in [-0.05, 0) is 49.1 Å². The summed E-state index contributed by atoms with van der Waals surface area (Å²) in [6, 6.07) is 19.5. The highest BCUT2D eigenvalue weighted by Crippen LogP contribution is 2.21. The summed E-state index contributed by atoms with van der Waals surface area (Å²) in [6.07, 6.45) is 5.57. The highest BCUT2D eigenvalue weighted by Gasteiger charge is 2.15. The summed E-state index contributed by atoms with van der Waals surface area (Å²) in [4.78, 5) is 21.6. The third-order valence-electron chi connectivity index (χ3n) is 5.19. The van der Waals surface area contributed by atoms with Gasteiger partial charge in [-0.1, -0.05) is 30.3 Å². The first-order chi connectivity index (χ1) is 15.6. The number of imidazole rings is 1. The molecular formula is C25H26N4O2S. The zero-order valence-corrected chi connectivity index (χ0v) is 19.0. The number of nitrogens with zero attached hydrogens (tertiary/aromatic N) is 3. The molecule has 6 nitrogen and oxygen atoms in total. The van der Waals surface area contributed by atoms with E-state index in [9.17, 15) is 4.79 Å². The van der Waals surface area contributed by atoms with Gasteiger partial charge < -0.3 is 14.6 Å². The maximum atomic E-state index is 12.8. The van der Waals surface area contributed by atoms with Crippen LogP contribution in [0.4, 0.5) is 0 Å². The lowest BCUT2D eigenvalue weighted by atomic mass is 10.1. The van der Waals surface area contributed by atoms with Crippen LogP contribution in [0, 0.1) is 0 Å². The molecule has 2 heterocycles. The molecule has 164 valence electrons. The molecule has 0 aliphatic heterocycles. The van der Waals surface area contributed by atoms with Gasteiger partial charge in [0.25, 0.3) is 0 Å². The Hall–Kier alpha value is -3.32. The first-order valence-corrected chi connectivity index (χ1v) is 11.9. The van der Waals surface area contributed by atoms with Gasteiger partial charge in [-0.2, -0.15) is 11.8 Å². The molecule has 4 aromatic rings. The lowest BCUT2D eigenvalue weighted by molar-refractivity contribution is -0.122. The Labute approximate surface area is 192 Å². The number of nitrogens with one attached hydrogen (secondary N) is 1. The van der Waals surface area contributed by atoms with Crippen molar-refractivity contribution in [2.24, 2.45) is 0 Å². The zero-order chi connectivity index (χ0) is 22.3. The summed E-state index contributed by atoms with van der Waals surface area (Å²) >= 11 is 1.70. The monoisotopic (exact) mass is 446 g/mol. The van der Waals surface area contributed by atoms with Crippen LogP contribution in [0.2, 0.25) is 0 Å². The first kappa shape index (κ1) is 21.9. The third-order valence-corrected chi connectivity index (χ3v) is 5.74. The summed E-state index contributed by atoms with van der Waals surface area (Å²) < 4.78 is 7.82. The second kappa shape index (κ2) is 10.3. The van der Waals surface area contributed by atoms with Gasteiger partial charge in [-0.25, -0.2) is 4.98 Å². The molecule has 0 saturated heterocycles. The smallest absolute Gasteiger partial charge is 0.240 e. The molecule has 0 aliphatic rings. The quantitative estimate of drug-likeness (QED) is 0.402. The van der Waals surface area contributed by atoms with E-state index in [2.05, 4.69) is 15.3 Å². The number of pyridine rings is 1. The topological polar surface area (TPSA) is 69.0 Å². The van der Waals surface area contributed by atoms with Gasteiger partial charge in [0.2, 0.25) is 5.91 Å². The van der Waals surface area contributed by atoms with Crippen molar-refractivity contribution < 1.29 is 9.53 Å². The van der Waals surface area contributed by atoms with Crippen molar-refractivity contribution in [2.45, 2.75) is 31.9 Å². The van der Waals surface area contributed by atoms with Crippen LogP contribution in [0.1, 0.15) is 29.9 Å². The Bertz CT molecular complexity index is 1180. The van der Waals surface area contributed by atoms with Crippen molar-refractivity contribution in [2.75, 3.05) is 6.26 Å². The van der Waals surface area contributed by atoms with Crippen LogP contribution >= 0.6 is 11.8 Å². The van der Waals surface area contributed by atoms with Crippen molar-refractivity contribution in [3.05, 3.63) is 90.0 Å². The van der Waals surface area contributed by atoms with Crippen molar-refractivity contribution in [1.29, 1.82) is 0 Å². The Morgan fingerprint density at radius 3 is 2.69 bits per heavy atom. The van der Waals surface area contributed by atoms with Crippen LogP contribution in [0.25, 0.3) is 11.0 Å². The van der Waals surface area contributed by atoms with E-state index < -0.39 is 0 Å². The Morgan fingerprint density at radius 2 is 1.94 bits per heavy atom. The fraction of sp³-hybridized carbons (Fsp3) is 0.240. The molecule has 0 fully saturated rings. The Morgan fingerprint density at radius 1 is 1.12 bits per heavy atom. The normalized spacial score (nSPS) is 11.9. The SMILES string of the molecule is CSCc1nc2ccccc2n1CC(=O)NC(C)c1ccc(OCc2cccnc2)cc1. The average Bonchev–Trinajstić information content (AvgIpc) is 3.16. The second-order valence-electron chi connectivity index (χ2n) is 7.54. The number of hydrogen-bond acceptors (Lipinski definition) is 5. The second-order valence-corrected chi connectivity index (χ2v) is 8.41. The number of aromatic nitrogens is 3. The molecule has 32 heavy (non-hydrogen) atoms. The van der Waals surface area contributed by atoms with Gasteiger partial charge in [0.1, 0.15) is 24.7 Å². The van der Waals surface area contributed by atoms with E-state index in [1.54, 1.807) is 24.2 Å². The number of hydrogen-bond donors (Lipinski definition) is 1. The minimum absolute atomic E-state index is 0.0417. The van der Waals surface area contributed by atoms with E-state index in [4.69, 9.17) is 4.74 Å². The van der Waals surface area contributed by atoms with Crippen LogP contribution in [0.3, 0.4) is 0 Å². The average molecular weight is 447 g/mol. The fourth-order valence-electron chi connectivity index (χ4n) is 3.56. The maximum Gasteiger partial charge on any atom is 0.240 e. The molecule has 0 radical (unpaired) electrons. The number of benzene rings is 2. The highest BCUT2D eigenvalue weighted by molar-refractivity contribution is 7.97. The van der Waals surface area contributed by atoms with Crippen molar-refractivity contribution in [3.63, 3.8) is 0 Å². The van der Waals surface area contributed by atoms with Gasteiger partial charge >= 0.3 is 0 Å². The predicted molar refractivity (Wildman–Crippen MR) is 129 cm³/mol. The van der Waals surface area contributed by atoms with Gasteiger partial charge in [-0.3, -0.25) is 9.78 Å². The lowest BCUT2D eigenvalue weighted by Gasteiger charge is -2.16. The molecule has 1 unspecified atom stereocenters. The number of carbonyl (C=O) groups excluding carboxylic acids is 1. The van der Waals surface area contributed by atoms with Crippen LogP contribution in [0.15, 0.2) is 73.1 Å². The largest absolute Gasteiger partial charge is 0.489 e. The van der Waals surface area contributed by atoms with Crippen LogP contribution in [-0.4, -0.2) is 26.7 Å². The number of rotatable bonds is 9. The van der Waals surface area contributed by atoms with Crippen LogP contribution in [0.5, 0.6) is 5.75 Å². The molecule has 0 spiro atoms. The summed E-state index contributed by atoms with van der Waals surface area (Å²) in [7, 11) is 0. The summed E-state index contributed by atoms with van der Waals surface area (Å²) in [5.41, 5.74) is 3.94. The lowest BCUT2D eigenvalue weighted by Crippen LogP contribution is -2.30. The van der Waals surface area contributed by atoms with Crippen molar-refractivity contribution >= 4 is 28.7 Å². The van der Waals surface area contributed by atoms with Crippen LogP contribution in [-0.2, 0) is 23.7 Å². The third kappa shape index (κ3) is 5.29. The molecule has 0 bridgehead atoms. The van der Waals surface area contributed by atoms with Crippen molar-refractivity contribution in [3.8, 4) is 5.75 Å². The molecule has 7 heteroatoms. The van der Waals surface area contributed by atoms with Gasteiger partial charge in [0.05, 0.1) is 22.8 Å². The van der Waals surface area contributed by atoms with Crippen LogP contribution < -0.4 is 10.1 Å². The number of amides is 1. The molecule has 1 N–H and O–H groups in total. The standard InChI is InChI=1S/C25H26N4O2S/c1-18(20-9-11-21(12-10-20)31-16-19-6-5-13-26-14-19)27-25(30)15-29-23-8-4-3-7-22(23)28-24(29)17-32-2/h3-14,18H,15-17H2,1-2H3,(H,27,30). The fourth-order valence-corrected chi connectivity index (χ4v) is 4.04. The molecule has 1 atom stereocenters. The minimum atomic E-state index is -0.117. The van der Waals surface area contributed by atoms with Gasteiger partial charge in [0.15, 0.2) is 0 Å². The van der Waals surface area contributed by atoms with E-state index in [1.165, 1.54) is 0 Å². The van der Waals surface area contributed by atoms with E-state index in [0.717, 1.165) is 39.5 Å². The molecule has 2 aromatic heterocycles. The molecule has 1 amide bonds.